The zero-order valence-corrected chi connectivity index (χ0v) is 19.9. The van der Waals surface area contributed by atoms with Crippen LogP contribution in [0.2, 0.25) is 5.02 Å². The summed E-state index contributed by atoms with van der Waals surface area (Å²) in [6.07, 6.45) is 0.814. The predicted octanol–water partition coefficient (Wildman–Crippen LogP) is 5.54. The summed E-state index contributed by atoms with van der Waals surface area (Å²) in [4.78, 5) is 12.1. The van der Waals surface area contributed by atoms with Gasteiger partial charge in [-0.05, 0) is 53.8 Å². The van der Waals surface area contributed by atoms with Crippen molar-refractivity contribution in [2.24, 2.45) is 5.92 Å². The van der Waals surface area contributed by atoms with Crippen LogP contribution >= 0.6 is 11.6 Å². The highest BCUT2D eigenvalue weighted by Gasteiger charge is 2.40. The van der Waals surface area contributed by atoms with Crippen LogP contribution in [-0.4, -0.2) is 43.5 Å². The Morgan fingerprint density at radius 2 is 1.94 bits per heavy atom. The summed E-state index contributed by atoms with van der Waals surface area (Å²) in [6, 6.07) is 9.74. The fourth-order valence-corrected chi connectivity index (χ4v) is 4.21. The zero-order chi connectivity index (χ0) is 23.3. The number of nitrogens with one attached hydrogen (secondary N) is 1. The molecule has 0 aromatic heterocycles. The molecule has 0 atom stereocenters. The van der Waals surface area contributed by atoms with E-state index in [9.17, 15) is 9.90 Å². The monoisotopic (exact) mass is 461 g/mol. The number of carboxylic acid groups (broad SMARTS) is 1. The number of hydrogen-bond donors (Lipinski definition) is 2. The molecule has 3 rings (SSSR count). The van der Waals surface area contributed by atoms with E-state index >= 15 is 0 Å². The van der Waals surface area contributed by atoms with Crippen LogP contribution in [-0.2, 0) is 20.9 Å². The summed E-state index contributed by atoms with van der Waals surface area (Å²) in [5.74, 6) is 0.152. The number of ether oxygens (including phenoxy) is 3. The molecule has 0 saturated carbocycles. The number of halogens is 1. The first kappa shape index (κ1) is 24.4. The fraction of sp³-hybridized carbons (Fsp3) is 0.480. The van der Waals surface area contributed by atoms with Gasteiger partial charge in [0.05, 0.1) is 18.7 Å². The molecule has 1 aliphatic rings. The van der Waals surface area contributed by atoms with Crippen molar-refractivity contribution in [3.05, 3.63) is 46.5 Å². The minimum atomic E-state index is -1.04. The highest BCUT2D eigenvalue weighted by Crippen LogP contribution is 2.39. The molecule has 2 N–H and O–H groups in total. The van der Waals surface area contributed by atoms with Gasteiger partial charge in [0.15, 0.2) is 0 Å². The molecule has 0 unspecified atom stereocenters. The maximum atomic E-state index is 12.1. The molecular formula is C25H32ClNO5. The van der Waals surface area contributed by atoms with Crippen LogP contribution in [0.4, 0.5) is 5.69 Å². The van der Waals surface area contributed by atoms with E-state index < -0.39 is 11.5 Å². The lowest BCUT2D eigenvalue weighted by atomic mass is 9.89. The molecule has 1 fully saturated rings. The summed E-state index contributed by atoms with van der Waals surface area (Å²) < 4.78 is 16.8. The van der Waals surface area contributed by atoms with E-state index in [-0.39, 0.29) is 0 Å². The minimum absolute atomic E-state index is 0.388. The molecule has 1 aliphatic heterocycles. The average Bonchev–Trinajstić information content (AvgIpc) is 2.76. The summed E-state index contributed by atoms with van der Waals surface area (Å²) in [7, 11) is 1.60. The van der Waals surface area contributed by atoms with E-state index in [0.717, 1.165) is 27.9 Å². The molecular weight excluding hydrogens is 430 g/mol. The largest absolute Gasteiger partial charge is 0.495 e. The molecule has 0 spiro atoms. The first-order valence-corrected chi connectivity index (χ1v) is 11.3. The van der Waals surface area contributed by atoms with Crippen LogP contribution in [0.15, 0.2) is 30.3 Å². The number of hydrogen-bond acceptors (Lipinski definition) is 5. The molecule has 1 saturated heterocycles. The maximum absolute atomic E-state index is 12.1. The van der Waals surface area contributed by atoms with Crippen molar-refractivity contribution in [1.29, 1.82) is 0 Å². The third-order valence-electron chi connectivity index (χ3n) is 5.65. The van der Waals surface area contributed by atoms with Gasteiger partial charge in [-0.2, -0.15) is 0 Å². The van der Waals surface area contributed by atoms with Gasteiger partial charge in [-0.1, -0.05) is 31.5 Å². The number of carbonyl (C=O) groups is 1. The van der Waals surface area contributed by atoms with E-state index in [1.807, 2.05) is 37.3 Å². The minimum Gasteiger partial charge on any atom is -0.495 e. The second-order valence-electron chi connectivity index (χ2n) is 8.73. The molecule has 32 heavy (non-hydrogen) atoms. The Hall–Kier alpha value is -2.28. The Balaban J connectivity index is 2.01. The van der Waals surface area contributed by atoms with Crippen molar-refractivity contribution in [3.8, 4) is 16.9 Å². The van der Waals surface area contributed by atoms with E-state index in [2.05, 4.69) is 19.2 Å². The first-order chi connectivity index (χ1) is 15.3. The maximum Gasteiger partial charge on any atom is 0.329 e. The van der Waals surface area contributed by atoms with Crippen molar-refractivity contribution >= 4 is 23.3 Å². The second kappa shape index (κ2) is 10.6. The number of aliphatic carboxylic acids is 1. The number of rotatable bonds is 9. The standard InChI is InChI=1S/C25H32ClNO5/c1-16(2)14-32-15-18-13-19(27-25(24(28)29)7-9-31-10-8-25)5-6-20(18)21-11-17(3)12-22(30-4)23(21)26/h5-6,11-13,16,27H,7-10,14-15H2,1-4H3,(H,28,29). The van der Waals surface area contributed by atoms with Gasteiger partial charge >= 0.3 is 5.97 Å². The SMILES string of the molecule is COc1cc(C)cc(-c2ccc(NC3(C(=O)O)CCOCC3)cc2COCC(C)C)c1Cl. The third-order valence-corrected chi connectivity index (χ3v) is 6.04. The molecule has 0 amide bonds. The lowest BCUT2D eigenvalue weighted by Gasteiger charge is -2.35. The van der Waals surface area contributed by atoms with Crippen molar-refractivity contribution in [1.82, 2.24) is 0 Å². The molecule has 0 radical (unpaired) electrons. The Morgan fingerprint density at radius 1 is 1.22 bits per heavy atom. The second-order valence-corrected chi connectivity index (χ2v) is 9.11. The van der Waals surface area contributed by atoms with Crippen molar-refractivity contribution in [2.45, 2.75) is 45.8 Å². The van der Waals surface area contributed by atoms with Crippen molar-refractivity contribution in [3.63, 3.8) is 0 Å². The van der Waals surface area contributed by atoms with Crippen LogP contribution in [0.5, 0.6) is 5.75 Å². The highest BCUT2D eigenvalue weighted by atomic mass is 35.5. The number of methoxy groups -OCH3 is 1. The number of anilines is 1. The lowest BCUT2D eigenvalue weighted by molar-refractivity contribution is -0.145. The quantitative estimate of drug-likeness (QED) is 0.510. The molecule has 1 heterocycles. The number of carboxylic acids is 1. The molecule has 0 aliphatic carbocycles. The Labute approximate surface area is 194 Å². The van der Waals surface area contributed by atoms with E-state index in [1.54, 1.807) is 7.11 Å². The van der Waals surface area contributed by atoms with Gasteiger partial charge in [0.2, 0.25) is 0 Å². The summed E-state index contributed by atoms with van der Waals surface area (Å²) >= 11 is 6.66. The van der Waals surface area contributed by atoms with Crippen molar-refractivity contribution < 1.29 is 24.1 Å². The van der Waals surface area contributed by atoms with E-state index in [4.69, 9.17) is 25.8 Å². The Bertz CT molecular complexity index is 954. The van der Waals surface area contributed by atoms with Crippen LogP contribution in [0.1, 0.15) is 37.8 Å². The van der Waals surface area contributed by atoms with Crippen molar-refractivity contribution in [2.75, 3.05) is 32.2 Å². The number of benzene rings is 2. The zero-order valence-electron chi connectivity index (χ0n) is 19.2. The van der Waals surface area contributed by atoms with Gasteiger partial charge in [-0.15, -0.1) is 0 Å². The third kappa shape index (κ3) is 5.55. The first-order valence-electron chi connectivity index (χ1n) is 10.9. The predicted molar refractivity (Wildman–Crippen MR) is 127 cm³/mol. The van der Waals surface area contributed by atoms with E-state index in [0.29, 0.717) is 56.0 Å². The molecule has 6 nitrogen and oxygen atoms in total. The van der Waals surface area contributed by atoms with Crippen LogP contribution in [0.3, 0.4) is 0 Å². The highest BCUT2D eigenvalue weighted by molar-refractivity contribution is 6.35. The average molecular weight is 462 g/mol. The van der Waals surface area contributed by atoms with Crippen LogP contribution < -0.4 is 10.1 Å². The molecule has 2 aromatic carbocycles. The normalized spacial score (nSPS) is 15.6. The van der Waals surface area contributed by atoms with Gasteiger partial charge in [0.1, 0.15) is 11.3 Å². The van der Waals surface area contributed by atoms with Gasteiger partial charge < -0.3 is 24.6 Å². The fourth-order valence-electron chi connectivity index (χ4n) is 3.93. The Kier molecular flexibility index (Phi) is 8.04. The number of aryl methyl sites for hydroxylation is 1. The topological polar surface area (TPSA) is 77.0 Å². The molecule has 0 bridgehead atoms. The smallest absolute Gasteiger partial charge is 0.329 e. The lowest BCUT2D eigenvalue weighted by Crippen LogP contribution is -2.50. The molecule has 7 heteroatoms. The van der Waals surface area contributed by atoms with Gasteiger partial charge in [-0.3, -0.25) is 0 Å². The van der Waals surface area contributed by atoms with Crippen LogP contribution in [0, 0.1) is 12.8 Å². The summed E-state index contributed by atoms with van der Waals surface area (Å²) in [5.41, 5.74) is 3.44. The van der Waals surface area contributed by atoms with Gasteiger partial charge in [0.25, 0.3) is 0 Å². The summed E-state index contributed by atoms with van der Waals surface area (Å²) in [5, 5.41) is 13.7. The van der Waals surface area contributed by atoms with Gasteiger partial charge in [0, 0.05) is 43.9 Å². The molecule has 2 aromatic rings. The molecule has 174 valence electrons. The van der Waals surface area contributed by atoms with Crippen LogP contribution in [0.25, 0.3) is 11.1 Å². The van der Waals surface area contributed by atoms with Gasteiger partial charge in [-0.25, -0.2) is 4.79 Å². The van der Waals surface area contributed by atoms with E-state index in [1.165, 1.54) is 0 Å². The Morgan fingerprint density at radius 3 is 2.56 bits per heavy atom. The summed E-state index contributed by atoms with van der Waals surface area (Å²) in [6.45, 7) is 8.04.